The Kier molecular flexibility index (Phi) is 4.95. The van der Waals surface area contributed by atoms with Gasteiger partial charge < -0.3 is 10.2 Å². The average molecular weight is 335 g/mol. The summed E-state index contributed by atoms with van der Waals surface area (Å²) in [7, 11) is 2.01. The molecule has 0 amide bonds. The highest BCUT2D eigenvalue weighted by molar-refractivity contribution is 9.10. The molecule has 0 unspecified atom stereocenters. The summed E-state index contributed by atoms with van der Waals surface area (Å²) < 4.78 is 0.878. The summed E-state index contributed by atoms with van der Waals surface area (Å²) in [5.41, 5.74) is 2.33. The van der Waals surface area contributed by atoms with Gasteiger partial charge in [-0.2, -0.15) is 4.98 Å². The average Bonchev–Trinajstić information content (AvgIpc) is 2.45. The predicted octanol–water partition coefficient (Wildman–Crippen LogP) is 4.14. The standard InChI is InChI=1S/C15H19BrN4/c1-4-8-17-15-18-10-13(16)14(19-15)20(3)12-7-5-6-11(2)9-12/h5-7,9-10H,4,8H2,1-3H3,(H,17,18,19). The van der Waals surface area contributed by atoms with E-state index < -0.39 is 0 Å². The first-order valence-electron chi connectivity index (χ1n) is 6.68. The van der Waals surface area contributed by atoms with E-state index >= 15 is 0 Å². The molecule has 5 heteroatoms. The van der Waals surface area contributed by atoms with Crippen LogP contribution in [0.3, 0.4) is 0 Å². The lowest BCUT2D eigenvalue weighted by molar-refractivity contribution is 0.946. The maximum atomic E-state index is 4.57. The van der Waals surface area contributed by atoms with Gasteiger partial charge in [-0.25, -0.2) is 4.98 Å². The number of halogens is 1. The van der Waals surface area contributed by atoms with Crippen LogP contribution in [0.4, 0.5) is 17.5 Å². The fourth-order valence-corrected chi connectivity index (χ4v) is 2.33. The second-order valence-electron chi connectivity index (χ2n) is 4.69. The maximum Gasteiger partial charge on any atom is 0.224 e. The lowest BCUT2D eigenvalue weighted by Crippen LogP contribution is -2.14. The van der Waals surface area contributed by atoms with Crippen LogP contribution < -0.4 is 10.2 Å². The molecule has 106 valence electrons. The van der Waals surface area contributed by atoms with Gasteiger partial charge in [0.05, 0.1) is 4.47 Å². The van der Waals surface area contributed by atoms with Crippen LogP contribution in [0.2, 0.25) is 0 Å². The molecule has 1 heterocycles. The Bertz CT molecular complexity index is 586. The first kappa shape index (κ1) is 14.8. The number of benzene rings is 1. The van der Waals surface area contributed by atoms with Crippen molar-refractivity contribution in [2.24, 2.45) is 0 Å². The van der Waals surface area contributed by atoms with Crippen LogP contribution in [-0.4, -0.2) is 23.6 Å². The monoisotopic (exact) mass is 334 g/mol. The zero-order valence-corrected chi connectivity index (χ0v) is 13.6. The summed E-state index contributed by atoms with van der Waals surface area (Å²) in [4.78, 5) is 10.9. The quantitative estimate of drug-likeness (QED) is 0.892. The van der Waals surface area contributed by atoms with E-state index in [0.717, 1.165) is 28.9 Å². The van der Waals surface area contributed by atoms with Gasteiger partial charge in [0.1, 0.15) is 0 Å². The van der Waals surface area contributed by atoms with Crippen LogP contribution in [0.25, 0.3) is 0 Å². The fourth-order valence-electron chi connectivity index (χ4n) is 1.87. The Morgan fingerprint density at radius 1 is 1.35 bits per heavy atom. The number of hydrogen-bond acceptors (Lipinski definition) is 4. The molecule has 0 fully saturated rings. The fraction of sp³-hybridized carbons (Fsp3) is 0.333. The lowest BCUT2D eigenvalue weighted by atomic mass is 10.2. The van der Waals surface area contributed by atoms with Crippen LogP contribution in [0.15, 0.2) is 34.9 Å². The SMILES string of the molecule is CCCNc1ncc(Br)c(N(C)c2cccc(C)c2)n1. The highest BCUT2D eigenvalue weighted by Gasteiger charge is 2.11. The number of aromatic nitrogens is 2. The number of nitrogens with zero attached hydrogens (tertiary/aromatic N) is 3. The van der Waals surface area contributed by atoms with Gasteiger partial charge in [-0.3, -0.25) is 0 Å². The minimum Gasteiger partial charge on any atom is -0.354 e. The number of rotatable bonds is 5. The molecule has 0 saturated heterocycles. The second-order valence-corrected chi connectivity index (χ2v) is 5.54. The summed E-state index contributed by atoms with van der Waals surface area (Å²) in [5, 5.41) is 3.21. The molecular weight excluding hydrogens is 316 g/mol. The summed E-state index contributed by atoms with van der Waals surface area (Å²) in [5.74, 6) is 1.51. The molecule has 2 rings (SSSR count). The topological polar surface area (TPSA) is 41.1 Å². The van der Waals surface area contributed by atoms with Crippen LogP contribution in [0, 0.1) is 6.92 Å². The Hall–Kier alpha value is -1.62. The summed E-state index contributed by atoms with van der Waals surface area (Å²) in [6, 6.07) is 8.33. The normalized spacial score (nSPS) is 10.4. The van der Waals surface area contributed by atoms with Gasteiger partial charge in [-0.1, -0.05) is 19.1 Å². The van der Waals surface area contributed by atoms with E-state index in [0.29, 0.717) is 5.95 Å². The maximum absolute atomic E-state index is 4.57. The molecule has 0 aliphatic rings. The zero-order valence-electron chi connectivity index (χ0n) is 12.0. The molecule has 4 nitrogen and oxygen atoms in total. The zero-order chi connectivity index (χ0) is 14.5. The van der Waals surface area contributed by atoms with Gasteiger partial charge in [-0.15, -0.1) is 0 Å². The van der Waals surface area contributed by atoms with Gasteiger partial charge in [0.2, 0.25) is 5.95 Å². The first-order valence-corrected chi connectivity index (χ1v) is 7.48. The van der Waals surface area contributed by atoms with E-state index in [1.54, 1.807) is 6.20 Å². The van der Waals surface area contributed by atoms with Crippen LogP contribution in [0.1, 0.15) is 18.9 Å². The Balaban J connectivity index is 2.30. The molecule has 0 atom stereocenters. The third-order valence-corrected chi connectivity index (χ3v) is 3.52. The third kappa shape index (κ3) is 3.48. The van der Waals surface area contributed by atoms with Crippen molar-refractivity contribution < 1.29 is 0 Å². The predicted molar refractivity (Wildman–Crippen MR) is 87.8 cm³/mol. The van der Waals surface area contributed by atoms with Crippen molar-refractivity contribution in [1.82, 2.24) is 9.97 Å². The molecule has 0 spiro atoms. The Morgan fingerprint density at radius 2 is 2.15 bits per heavy atom. The van der Waals surface area contributed by atoms with Crippen molar-refractivity contribution in [1.29, 1.82) is 0 Å². The smallest absolute Gasteiger partial charge is 0.224 e. The lowest BCUT2D eigenvalue weighted by Gasteiger charge is -2.20. The highest BCUT2D eigenvalue weighted by atomic mass is 79.9. The molecule has 2 aromatic rings. The Labute approximate surface area is 128 Å². The molecule has 1 aromatic heterocycles. The summed E-state index contributed by atoms with van der Waals surface area (Å²) in [6.45, 7) is 5.07. The summed E-state index contributed by atoms with van der Waals surface area (Å²) >= 11 is 3.52. The number of nitrogens with one attached hydrogen (secondary N) is 1. The van der Waals surface area contributed by atoms with E-state index in [1.807, 2.05) is 13.1 Å². The van der Waals surface area contributed by atoms with Gasteiger partial charge in [0, 0.05) is 25.5 Å². The molecule has 0 saturated carbocycles. The van der Waals surface area contributed by atoms with E-state index in [2.05, 4.69) is 68.2 Å². The molecule has 0 bridgehead atoms. The number of hydrogen-bond donors (Lipinski definition) is 1. The van der Waals surface area contributed by atoms with Gasteiger partial charge >= 0.3 is 0 Å². The van der Waals surface area contributed by atoms with Crippen LogP contribution in [-0.2, 0) is 0 Å². The minimum absolute atomic E-state index is 0.657. The number of anilines is 3. The van der Waals surface area contributed by atoms with Crippen molar-refractivity contribution in [3.63, 3.8) is 0 Å². The molecule has 1 N–H and O–H groups in total. The molecule has 20 heavy (non-hydrogen) atoms. The third-order valence-electron chi connectivity index (χ3n) is 2.97. The largest absolute Gasteiger partial charge is 0.354 e. The van der Waals surface area contributed by atoms with Crippen molar-refractivity contribution in [3.05, 3.63) is 40.5 Å². The molecule has 0 aliphatic carbocycles. The molecular formula is C15H19BrN4. The van der Waals surface area contributed by atoms with Crippen LogP contribution >= 0.6 is 15.9 Å². The van der Waals surface area contributed by atoms with Crippen molar-refractivity contribution in [3.8, 4) is 0 Å². The second kappa shape index (κ2) is 6.70. The number of aryl methyl sites for hydroxylation is 1. The minimum atomic E-state index is 0.657. The van der Waals surface area contributed by atoms with Crippen molar-refractivity contribution >= 4 is 33.4 Å². The van der Waals surface area contributed by atoms with Gasteiger partial charge in [-0.05, 0) is 47.0 Å². The first-order chi connectivity index (χ1) is 9.61. The van der Waals surface area contributed by atoms with Gasteiger partial charge in [0.15, 0.2) is 5.82 Å². The Morgan fingerprint density at radius 3 is 2.85 bits per heavy atom. The van der Waals surface area contributed by atoms with E-state index in [9.17, 15) is 0 Å². The summed E-state index contributed by atoms with van der Waals surface area (Å²) in [6.07, 6.45) is 2.83. The van der Waals surface area contributed by atoms with Crippen molar-refractivity contribution in [2.45, 2.75) is 20.3 Å². The molecule has 1 aromatic carbocycles. The molecule has 0 aliphatic heterocycles. The van der Waals surface area contributed by atoms with E-state index in [-0.39, 0.29) is 0 Å². The molecule has 0 radical (unpaired) electrons. The van der Waals surface area contributed by atoms with E-state index in [4.69, 9.17) is 0 Å². The van der Waals surface area contributed by atoms with E-state index in [1.165, 1.54) is 5.56 Å². The highest BCUT2D eigenvalue weighted by Crippen LogP contribution is 2.29. The van der Waals surface area contributed by atoms with Gasteiger partial charge in [0.25, 0.3) is 0 Å². The van der Waals surface area contributed by atoms with Crippen molar-refractivity contribution in [2.75, 3.05) is 23.8 Å². The van der Waals surface area contributed by atoms with Crippen LogP contribution in [0.5, 0.6) is 0 Å².